The summed E-state index contributed by atoms with van der Waals surface area (Å²) in [6.45, 7) is -16.5. The number of aromatic hydroxyl groups is 1. The van der Waals surface area contributed by atoms with Crippen LogP contribution in [-0.2, 0) is 16.2 Å². The predicted octanol–water partition coefficient (Wildman–Crippen LogP) is 14.7. The molecule has 2 heterocycles. The number of rotatable bonds is 6. The monoisotopic (exact) mass is 792 g/mol. The van der Waals surface area contributed by atoms with Crippen LogP contribution in [0.1, 0.15) is 109 Å². The van der Waals surface area contributed by atoms with Crippen LogP contribution in [0.3, 0.4) is 0 Å². The number of phenols is 1. The van der Waals surface area contributed by atoms with Crippen LogP contribution in [0.15, 0.2) is 146 Å². The first kappa shape index (κ1) is 23.4. The number of hydrogen-bond acceptors (Lipinski definition) is 3. The van der Waals surface area contributed by atoms with Gasteiger partial charge in [-0.1, -0.05) is 158 Å². The highest BCUT2D eigenvalue weighted by molar-refractivity contribution is 5.98. The topological polar surface area (TPSA) is 50.9 Å². The molecule has 0 aliphatic carbocycles. The standard InChI is InChI=1S/C55H55N3O/c1-35-24-25-48(44(28-35)37-20-15-12-16-21-37)58-49-23-17-22-43(50(49)57-52(58)45-33-42(54(5,6)7)34-46(51(45)59)55(8,9)10)39-29-40(31-41(30-39)53(2,3)4)47-32-38(26-27-56-47)36-18-13-11-14-19-36/h11-34,59H,1-10H3/i5D3,6D3,7D3,8D3,9D3,10D3. The highest BCUT2D eigenvalue weighted by Crippen LogP contribution is 2.46. The van der Waals surface area contributed by atoms with Crippen LogP contribution in [0, 0.1) is 6.92 Å². The van der Waals surface area contributed by atoms with Crippen molar-refractivity contribution in [3.63, 3.8) is 0 Å². The first-order valence-corrected chi connectivity index (χ1v) is 19.2. The summed E-state index contributed by atoms with van der Waals surface area (Å²) in [6.07, 6.45) is 1.72. The zero-order valence-corrected chi connectivity index (χ0v) is 33.1. The van der Waals surface area contributed by atoms with Gasteiger partial charge < -0.3 is 5.11 Å². The zero-order chi connectivity index (χ0) is 56.9. The van der Waals surface area contributed by atoms with Crippen LogP contribution in [0.4, 0.5) is 0 Å². The van der Waals surface area contributed by atoms with E-state index in [-0.39, 0.29) is 5.52 Å². The van der Waals surface area contributed by atoms with Crippen LogP contribution in [0.2, 0.25) is 0 Å². The van der Waals surface area contributed by atoms with Crippen LogP contribution in [0.25, 0.3) is 72.7 Å². The van der Waals surface area contributed by atoms with E-state index >= 15 is 0 Å². The van der Waals surface area contributed by atoms with Crippen LogP contribution in [-0.4, -0.2) is 19.6 Å². The lowest BCUT2D eigenvalue weighted by Crippen LogP contribution is -2.17. The Labute approximate surface area is 375 Å². The maximum Gasteiger partial charge on any atom is 0.149 e. The molecule has 0 atom stereocenters. The van der Waals surface area contributed by atoms with Gasteiger partial charge in [0.2, 0.25) is 0 Å². The number of nitrogens with zero attached hydrogens (tertiary/aromatic N) is 3. The average molecular weight is 792 g/mol. The Balaban J connectivity index is 1.60. The SMILES string of the molecule is [2H]C([2H])([2H])C(c1cc(-c2nc3c(-c4cc(-c5cc(-c6ccccc6)ccn5)cc(C(C)(C)C)c4)cccc3n2-c2ccc(C)cc2-c2ccccc2)c(O)c(C(C([2H])([2H])[2H])(C([2H])([2H])[2H])C([2H])([2H])[2H])c1)(C([2H])([2H])[2H])C([2H])([2H])[2H]. The molecule has 6 aromatic carbocycles. The molecule has 8 aromatic rings. The fourth-order valence-electron chi connectivity index (χ4n) is 7.52. The molecule has 0 saturated heterocycles. The number of fused-ring (bicyclic) bond motifs is 1. The molecule has 1 N–H and O–H groups in total. The Morgan fingerprint density at radius 2 is 1.22 bits per heavy atom. The van der Waals surface area contributed by atoms with E-state index in [1.54, 1.807) is 48.7 Å². The minimum absolute atomic E-state index is 0.193. The van der Waals surface area contributed by atoms with Crippen molar-refractivity contribution in [2.24, 2.45) is 0 Å². The normalized spacial score (nSPS) is 18.1. The smallest absolute Gasteiger partial charge is 0.149 e. The Morgan fingerprint density at radius 3 is 1.92 bits per heavy atom. The fourth-order valence-corrected chi connectivity index (χ4v) is 7.52. The van der Waals surface area contributed by atoms with Gasteiger partial charge in [-0.2, -0.15) is 0 Å². The van der Waals surface area contributed by atoms with Gasteiger partial charge in [-0.25, -0.2) is 4.98 Å². The van der Waals surface area contributed by atoms with Gasteiger partial charge in [-0.05, 0) is 105 Å². The number of benzene rings is 6. The molecule has 0 unspecified atom stereocenters. The number of imidazole rings is 1. The number of para-hydroxylation sites is 1. The zero-order valence-electron chi connectivity index (χ0n) is 51.1. The summed E-state index contributed by atoms with van der Waals surface area (Å²) in [5, 5.41) is 12.9. The summed E-state index contributed by atoms with van der Waals surface area (Å²) < 4.78 is 159. The van der Waals surface area contributed by atoms with Crippen molar-refractivity contribution in [2.45, 2.75) is 85.1 Å². The van der Waals surface area contributed by atoms with Gasteiger partial charge in [-0.15, -0.1) is 0 Å². The van der Waals surface area contributed by atoms with E-state index in [2.05, 4.69) is 0 Å². The Morgan fingerprint density at radius 1 is 0.542 bits per heavy atom. The van der Waals surface area contributed by atoms with E-state index in [0.717, 1.165) is 33.9 Å². The van der Waals surface area contributed by atoms with Gasteiger partial charge in [0.1, 0.15) is 11.6 Å². The van der Waals surface area contributed by atoms with E-state index < -0.39 is 85.6 Å². The minimum Gasteiger partial charge on any atom is -0.507 e. The maximum absolute atomic E-state index is 12.9. The molecule has 0 spiro atoms. The number of phenolic OH excluding ortho intramolecular Hbond substituents is 1. The van der Waals surface area contributed by atoms with Crippen molar-refractivity contribution in [1.29, 1.82) is 0 Å². The lowest BCUT2D eigenvalue weighted by molar-refractivity contribution is 0.446. The van der Waals surface area contributed by atoms with Gasteiger partial charge in [0, 0.05) is 53.1 Å². The van der Waals surface area contributed by atoms with Crippen molar-refractivity contribution in [3.8, 4) is 67.5 Å². The van der Waals surface area contributed by atoms with Gasteiger partial charge >= 0.3 is 0 Å². The number of aromatic nitrogens is 3. The summed E-state index contributed by atoms with van der Waals surface area (Å²) in [6, 6.07) is 40.2. The second-order valence-corrected chi connectivity index (χ2v) is 16.1. The molecule has 59 heavy (non-hydrogen) atoms. The average Bonchev–Trinajstić information content (AvgIpc) is 3.80. The van der Waals surface area contributed by atoms with E-state index in [4.69, 9.17) is 34.6 Å². The summed E-state index contributed by atoms with van der Waals surface area (Å²) in [5.41, 5.74) is -3.96. The molecule has 0 fully saturated rings. The van der Waals surface area contributed by atoms with Crippen molar-refractivity contribution >= 4 is 11.0 Å². The first-order chi connectivity index (χ1) is 35.5. The Hall–Kier alpha value is -6.26. The number of hydrogen-bond donors (Lipinski definition) is 1. The van der Waals surface area contributed by atoms with E-state index in [1.807, 2.05) is 113 Å². The van der Waals surface area contributed by atoms with Gasteiger partial charge in [-0.3, -0.25) is 9.55 Å². The lowest BCUT2D eigenvalue weighted by atomic mass is 9.79. The molecule has 8 rings (SSSR count). The summed E-state index contributed by atoms with van der Waals surface area (Å²) in [7, 11) is 0. The summed E-state index contributed by atoms with van der Waals surface area (Å²) in [4.78, 5) is 9.94. The van der Waals surface area contributed by atoms with Crippen LogP contribution in [0.5, 0.6) is 5.75 Å². The maximum atomic E-state index is 12.9. The molecular weight excluding hydrogens is 719 g/mol. The first-order valence-electron chi connectivity index (χ1n) is 28.2. The van der Waals surface area contributed by atoms with E-state index in [1.165, 1.54) is 4.57 Å². The molecule has 4 nitrogen and oxygen atoms in total. The molecule has 0 aliphatic heterocycles. The third-order valence-electron chi connectivity index (χ3n) is 10.6. The fraction of sp³-hybridized carbons (Fsp3) is 0.236. The minimum atomic E-state index is -4.12. The highest BCUT2D eigenvalue weighted by atomic mass is 16.3. The Kier molecular flexibility index (Phi) is 5.88. The van der Waals surface area contributed by atoms with Crippen LogP contribution < -0.4 is 0 Å². The molecule has 2 aromatic heterocycles. The van der Waals surface area contributed by atoms with Gasteiger partial charge in [0.05, 0.1) is 28.0 Å². The molecular formula is C55H55N3O. The van der Waals surface area contributed by atoms with Crippen molar-refractivity contribution in [3.05, 3.63) is 168 Å². The molecule has 0 radical (unpaired) electrons. The highest BCUT2D eigenvalue weighted by Gasteiger charge is 2.29. The molecule has 0 saturated carbocycles. The van der Waals surface area contributed by atoms with Crippen molar-refractivity contribution < 1.29 is 29.8 Å². The second kappa shape index (κ2) is 14.8. The van der Waals surface area contributed by atoms with E-state index in [9.17, 15) is 5.11 Å². The number of pyridine rings is 1. The summed E-state index contributed by atoms with van der Waals surface area (Å²) >= 11 is 0. The third kappa shape index (κ3) is 7.72. The Bertz CT molecular complexity index is 3430. The number of aryl methyl sites for hydroxylation is 1. The lowest BCUT2D eigenvalue weighted by Gasteiger charge is -2.27. The molecule has 0 aliphatic rings. The predicted molar refractivity (Wildman–Crippen MR) is 249 cm³/mol. The van der Waals surface area contributed by atoms with Crippen molar-refractivity contribution in [2.75, 3.05) is 0 Å². The third-order valence-corrected chi connectivity index (χ3v) is 10.6. The molecule has 4 heteroatoms. The molecule has 0 amide bonds. The van der Waals surface area contributed by atoms with Crippen LogP contribution >= 0.6 is 0 Å². The summed E-state index contributed by atoms with van der Waals surface area (Å²) in [5.74, 6) is -1.75. The van der Waals surface area contributed by atoms with E-state index in [0.29, 0.717) is 45.2 Å². The largest absolute Gasteiger partial charge is 0.507 e. The van der Waals surface area contributed by atoms with Gasteiger partial charge in [0.15, 0.2) is 0 Å². The quantitative estimate of drug-likeness (QED) is 0.182. The second-order valence-electron chi connectivity index (χ2n) is 16.1. The molecule has 0 bridgehead atoms. The molecule has 296 valence electrons. The van der Waals surface area contributed by atoms with Gasteiger partial charge in [0.25, 0.3) is 0 Å². The van der Waals surface area contributed by atoms with Crippen molar-refractivity contribution in [1.82, 2.24) is 14.5 Å².